The highest BCUT2D eigenvalue weighted by Gasteiger charge is 2.31. The number of hydrogen-bond donors (Lipinski definition) is 3. The lowest BCUT2D eigenvalue weighted by Crippen LogP contribution is -2.30. The number of benzene rings is 2. The van der Waals surface area contributed by atoms with E-state index in [-0.39, 0.29) is 29.6 Å². The van der Waals surface area contributed by atoms with Gasteiger partial charge in [0.25, 0.3) is 0 Å². The molecule has 0 saturated carbocycles. The van der Waals surface area contributed by atoms with Gasteiger partial charge in [0.1, 0.15) is 17.9 Å². The average Bonchev–Trinajstić information content (AvgIpc) is 3.66. The third-order valence-corrected chi connectivity index (χ3v) is 7.71. The lowest BCUT2D eigenvalue weighted by Gasteiger charge is -2.25. The monoisotopic (exact) mass is 558 g/mol. The van der Waals surface area contributed by atoms with Gasteiger partial charge in [-0.2, -0.15) is 12.4 Å². The van der Waals surface area contributed by atoms with E-state index in [4.69, 9.17) is 9.47 Å². The average molecular weight is 559 g/mol. The second-order valence-electron chi connectivity index (χ2n) is 10.5. The summed E-state index contributed by atoms with van der Waals surface area (Å²) in [6.07, 6.45) is 7.18. The molecule has 3 atom stereocenters. The maximum Gasteiger partial charge on any atom is 0.176 e. The summed E-state index contributed by atoms with van der Waals surface area (Å²) >= 11 is 0. The zero-order valence-electron chi connectivity index (χ0n) is 23.8. The Morgan fingerprint density at radius 3 is 2.15 bits per heavy atom. The predicted molar refractivity (Wildman–Crippen MR) is 158 cm³/mol. The molecule has 0 aliphatic carbocycles. The number of nitrogens with zero attached hydrogens (tertiary/aromatic N) is 2. The van der Waals surface area contributed by atoms with Crippen LogP contribution in [0.1, 0.15) is 42.9 Å². The van der Waals surface area contributed by atoms with Crippen molar-refractivity contribution < 1.29 is 29.6 Å². The van der Waals surface area contributed by atoms with Crippen LogP contribution in [0.5, 0.6) is 23.0 Å². The Morgan fingerprint density at radius 1 is 0.927 bits per heavy atom. The molecule has 1 aliphatic rings. The molecular formula is C33H38N2O6. The molecule has 0 bridgehead atoms. The maximum absolute atomic E-state index is 13.9. The number of rotatable bonds is 15. The fourth-order valence-electron chi connectivity index (χ4n) is 5.36. The van der Waals surface area contributed by atoms with Gasteiger partial charge >= 0.3 is 0 Å². The molecule has 8 nitrogen and oxygen atoms in total. The van der Waals surface area contributed by atoms with Gasteiger partial charge in [-0.15, -0.1) is 4.99 Å². The molecule has 0 unspecified atom stereocenters. The first-order valence-corrected chi connectivity index (χ1v) is 13.9. The number of Topliss-reactive ketones (excluding diaryl/α,β-unsaturated/α-hetero) is 1. The van der Waals surface area contributed by atoms with Crippen LogP contribution in [0.2, 0.25) is 0 Å². The highest BCUT2D eigenvalue weighted by atomic mass is 16.5. The molecule has 2 aromatic carbocycles. The van der Waals surface area contributed by atoms with Gasteiger partial charge in [-0.1, -0.05) is 30.7 Å². The van der Waals surface area contributed by atoms with Crippen LogP contribution < -0.4 is 14.5 Å². The number of carbonyl (C=O) groups is 1. The molecule has 41 heavy (non-hydrogen) atoms. The molecule has 1 aromatic heterocycles. The molecule has 1 aliphatic heterocycles. The van der Waals surface area contributed by atoms with Crippen LogP contribution in [0, 0.1) is 18.4 Å². The molecule has 3 aromatic rings. The molecule has 2 heterocycles. The van der Waals surface area contributed by atoms with Gasteiger partial charge in [0, 0.05) is 18.8 Å². The van der Waals surface area contributed by atoms with Crippen molar-refractivity contribution in [2.24, 2.45) is 16.8 Å². The van der Waals surface area contributed by atoms with Crippen molar-refractivity contribution in [2.45, 2.75) is 51.6 Å². The lowest BCUT2D eigenvalue weighted by molar-refractivity contribution is -0.125. The van der Waals surface area contributed by atoms with Crippen molar-refractivity contribution in [2.75, 3.05) is 14.2 Å². The fraction of sp³-hybridized carbons (Fsp3) is 0.364. The first-order chi connectivity index (χ1) is 19.8. The van der Waals surface area contributed by atoms with Crippen LogP contribution in [0.4, 0.5) is 0 Å². The number of carbonyl (C=O) groups excluding carboxylic acids is 1. The summed E-state index contributed by atoms with van der Waals surface area (Å²) < 4.78 is 10.6. The number of aliphatic imine (C=N–C) groups is 1. The predicted octanol–water partition coefficient (Wildman–Crippen LogP) is 5.00. The van der Waals surface area contributed by atoms with Crippen LogP contribution >= 0.6 is 0 Å². The summed E-state index contributed by atoms with van der Waals surface area (Å²) in [5.41, 5.74) is 4.87. The van der Waals surface area contributed by atoms with Crippen LogP contribution in [0.25, 0.3) is 0 Å². The summed E-state index contributed by atoms with van der Waals surface area (Å²) in [5, 5.41) is 31.6. The third kappa shape index (κ3) is 7.73. The van der Waals surface area contributed by atoms with Crippen molar-refractivity contribution in [1.82, 2.24) is 4.98 Å². The van der Waals surface area contributed by atoms with Crippen molar-refractivity contribution in [3.8, 4) is 23.0 Å². The largest absolute Gasteiger partial charge is 0.670 e. The number of aromatic nitrogens is 1. The number of aliphatic hydroxyl groups is 1. The molecule has 0 radical (unpaired) electrons. The highest BCUT2D eigenvalue weighted by Crippen LogP contribution is 2.32. The number of aromatic hydroxyl groups is 2. The number of phenols is 2. The minimum Gasteiger partial charge on any atom is -0.670 e. The quantitative estimate of drug-likeness (QED) is 0.225. The molecule has 4 rings (SSSR count). The second-order valence-corrected chi connectivity index (χ2v) is 10.5. The van der Waals surface area contributed by atoms with Crippen molar-refractivity contribution >= 4 is 12.0 Å². The van der Waals surface area contributed by atoms with Crippen molar-refractivity contribution in [3.63, 3.8) is 0 Å². The van der Waals surface area contributed by atoms with Crippen LogP contribution in [-0.4, -0.2) is 47.6 Å². The number of methoxy groups -OCH3 is 2. The Labute approximate surface area is 241 Å². The van der Waals surface area contributed by atoms with Gasteiger partial charge in [0.2, 0.25) is 0 Å². The molecule has 0 amide bonds. The minimum absolute atomic E-state index is 0.0104. The van der Waals surface area contributed by atoms with E-state index in [1.54, 1.807) is 48.8 Å². The Kier molecular flexibility index (Phi) is 10.1. The number of hydrogen-bond acceptors (Lipinski definition) is 7. The normalized spacial score (nSPS) is 14.9. The fourth-order valence-corrected chi connectivity index (χ4v) is 5.36. The molecule has 0 saturated heterocycles. The van der Waals surface area contributed by atoms with Crippen molar-refractivity contribution in [3.05, 3.63) is 89.2 Å². The molecule has 3 N–H and O–H groups in total. The zero-order valence-corrected chi connectivity index (χ0v) is 23.8. The van der Waals surface area contributed by atoms with Gasteiger partial charge in [0.05, 0.1) is 25.9 Å². The van der Waals surface area contributed by atoms with Crippen molar-refractivity contribution in [1.29, 1.82) is 0 Å². The van der Waals surface area contributed by atoms with E-state index in [9.17, 15) is 20.1 Å². The van der Waals surface area contributed by atoms with E-state index in [0.29, 0.717) is 37.2 Å². The number of ketones is 1. The van der Waals surface area contributed by atoms with E-state index >= 15 is 0 Å². The van der Waals surface area contributed by atoms with Crippen LogP contribution in [0.3, 0.4) is 0 Å². The maximum atomic E-state index is 13.9. The zero-order chi connectivity index (χ0) is 29.4. The number of aliphatic hydroxyl groups excluding tert-OH is 1. The Morgan fingerprint density at radius 2 is 1.56 bits per heavy atom. The van der Waals surface area contributed by atoms with Gasteiger partial charge in [-0.25, -0.2) is 0 Å². The van der Waals surface area contributed by atoms with Gasteiger partial charge in [0.15, 0.2) is 29.2 Å². The molecule has 216 valence electrons. The van der Waals surface area contributed by atoms with E-state index in [2.05, 4.69) is 16.9 Å². The Balaban J connectivity index is 1.56. The van der Waals surface area contributed by atoms with E-state index < -0.39 is 12.0 Å². The molecule has 0 fully saturated rings. The van der Waals surface area contributed by atoms with Gasteiger partial charge < -0.3 is 29.8 Å². The van der Waals surface area contributed by atoms with Gasteiger partial charge in [-0.3, -0.25) is 4.79 Å². The Bertz CT molecular complexity index is 1380. The summed E-state index contributed by atoms with van der Waals surface area (Å²) in [5.74, 6) is 0.0975. The molecule has 0 spiro atoms. The topological polar surface area (TPSA) is 123 Å². The number of phenolic OH excluding ortho intramolecular Hbond substituents is 2. The first-order valence-electron chi connectivity index (χ1n) is 13.9. The third-order valence-electron chi connectivity index (χ3n) is 7.71. The summed E-state index contributed by atoms with van der Waals surface area (Å²) in [7, 11) is 2.99. The summed E-state index contributed by atoms with van der Waals surface area (Å²) in [6.45, 7) is 3.90. The smallest absolute Gasteiger partial charge is 0.176 e. The lowest BCUT2D eigenvalue weighted by atomic mass is 9.81. The van der Waals surface area contributed by atoms with Crippen LogP contribution in [0.15, 0.2) is 71.0 Å². The number of ether oxygens (including phenoxy) is 2. The van der Waals surface area contributed by atoms with Gasteiger partial charge in [-0.05, 0) is 67.0 Å². The molecular weight excluding hydrogens is 520 g/mol. The van der Waals surface area contributed by atoms with E-state index in [1.807, 2.05) is 18.8 Å². The summed E-state index contributed by atoms with van der Waals surface area (Å²) in [4.78, 5) is 22.3. The highest BCUT2D eigenvalue weighted by molar-refractivity contribution is 5.87. The summed E-state index contributed by atoms with van der Waals surface area (Å²) in [6, 6.07) is 12.2. The SMILES string of the molecule is CCC1=C(C[C@@H](Cc2ccc(O)c(OC)c2)C(=O)C[C@@H](O)[C@H](Cc2cc[n-]c2)Cc2ccc(O)c(OC)c2)C=N[CH+]1. The second kappa shape index (κ2) is 13.9. The van der Waals surface area contributed by atoms with E-state index in [1.165, 1.54) is 14.2 Å². The number of allylic oxidation sites excluding steroid dienone is 1. The minimum atomic E-state index is -0.905. The van der Waals surface area contributed by atoms with Crippen LogP contribution in [-0.2, 0) is 24.1 Å². The Hall–Kier alpha value is -4.17. The first kappa shape index (κ1) is 29.8. The molecule has 8 heteroatoms. The van der Waals surface area contributed by atoms with E-state index in [0.717, 1.165) is 34.3 Å². The standard InChI is InChI=1S/C33H38N2O6/c1-4-24-19-35-20-27(24)16-26(12-22-6-8-29(37)33(15-22)41-3)31(39)17-30(38)25(13-23-9-10-34-18-23)11-21-5-7-28(36)32(14-21)40-2/h5-10,14-15,18-20,25-26,30,36-38H,4,11-13,16-17H2,1-3H3/t25-,26+,30+/m0/s1.